The lowest BCUT2D eigenvalue weighted by Crippen LogP contribution is -2.20. The molecule has 1 heterocycles. The minimum atomic E-state index is -0.523. The highest BCUT2D eigenvalue weighted by atomic mass is 79.9. The number of benzene rings is 2. The molecule has 0 fully saturated rings. The summed E-state index contributed by atoms with van der Waals surface area (Å²) in [5, 5.41) is 15.5. The largest absolute Gasteiger partial charge is 0.298 e. The van der Waals surface area contributed by atoms with Crippen molar-refractivity contribution >= 4 is 62.6 Å². The first-order valence-electron chi connectivity index (χ1n) is 9.50. The molecule has 6 nitrogen and oxygen atoms in total. The van der Waals surface area contributed by atoms with Crippen LogP contribution in [0.3, 0.4) is 0 Å². The summed E-state index contributed by atoms with van der Waals surface area (Å²) in [6, 6.07) is 13.7. The molecule has 10 heteroatoms. The van der Waals surface area contributed by atoms with Crippen LogP contribution < -0.4 is 5.32 Å². The van der Waals surface area contributed by atoms with Gasteiger partial charge in [0.25, 0.3) is 5.91 Å². The number of rotatable bonds is 6. The summed E-state index contributed by atoms with van der Waals surface area (Å²) in [4.78, 5) is 29.2. The maximum atomic E-state index is 12.7. The summed E-state index contributed by atoms with van der Waals surface area (Å²) in [5.74, 6) is -0.909. The minimum Gasteiger partial charge on any atom is -0.298 e. The summed E-state index contributed by atoms with van der Waals surface area (Å²) in [6.45, 7) is 5.65. The lowest BCUT2D eigenvalue weighted by atomic mass is 9.86. The van der Waals surface area contributed by atoms with Gasteiger partial charge in [-0.15, -0.1) is 28.3 Å². The molecule has 0 saturated carbocycles. The zero-order chi connectivity index (χ0) is 22.8. The van der Waals surface area contributed by atoms with Gasteiger partial charge in [0, 0.05) is 20.2 Å². The highest BCUT2D eigenvalue weighted by Gasteiger charge is 2.32. The molecule has 1 unspecified atom stereocenters. The van der Waals surface area contributed by atoms with Crippen molar-refractivity contribution in [3.8, 4) is 0 Å². The van der Waals surface area contributed by atoms with Crippen LogP contribution in [0, 0.1) is 10.1 Å². The fraction of sp³-hybridized carbons (Fsp3) is 0.273. The second-order valence-corrected chi connectivity index (χ2v) is 9.91. The van der Waals surface area contributed by atoms with E-state index in [1.165, 1.54) is 11.3 Å². The van der Waals surface area contributed by atoms with Gasteiger partial charge in [0.2, 0.25) is 6.54 Å². The zero-order valence-electron chi connectivity index (χ0n) is 17.6. The number of nitrogens with one attached hydrogen (secondary N) is 1. The van der Waals surface area contributed by atoms with Gasteiger partial charge in [-0.25, -0.2) is 4.98 Å². The van der Waals surface area contributed by atoms with Crippen molar-refractivity contribution in [1.29, 1.82) is 0 Å². The molecule has 1 N–H and O–H groups in total. The molecule has 1 aromatic heterocycles. The number of thiazole rings is 1. The Hall–Kier alpha value is -2.00. The SMILES string of the molecule is Br.CC(C)(C)c1nc(NC(=O)c2ccccc2Cl)sc1C(C[N+](=O)[O-])c1ccc(Cl)cc1. The number of nitro groups is 1. The smallest absolute Gasteiger partial charge is 0.258 e. The van der Waals surface area contributed by atoms with Gasteiger partial charge in [-0.3, -0.25) is 20.2 Å². The van der Waals surface area contributed by atoms with Crippen molar-refractivity contribution < 1.29 is 9.72 Å². The normalized spacial score (nSPS) is 12.0. The molecule has 2 aromatic carbocycles. The van der Waals surface area contributed by atoms with E-state index in [1.54, 1.807) is 48.5 Å². The summed E-state index contributed by atoms with van der Waals surface area (Å²) in [6.07, 6.45) is 0. The molecular formula is C22H22BrCl2N3O3S. The topological polar surface area (TPSA) is 85.1 Å². The fourth-order valence-corrected chi connectivity index (χ4v) is 4.79. The molecule has 0 spiro atoms. The first-order chi connectivity index (χ1) is 14.6. The molecule has 0 aliphatic carbocycles. The number of hydrogen-bond donors (Lipinski definition) is 1. The van der Waals surface area contributed by atoms with Gasteiger partial charge in [-0.1, -0.05) is 68.2 Å². The standard InChI is InChI=1S/C22H21Cl2N3O3S.BrH/c1-22(2,3)19-18(16(12-27(29)30)13-8-10-14(23)11-9-13)31-21(25-19)26-20(28)15-6-4-5-7-17(15)24;/h4-11,16H,12H2,1-3H3,(H,25,26,28);1H. The highest BCUT2D eigenvalue weighted by molar-refractivity contribution is 8.93. The Morgan fingerprint density at radius 3 is 2.34 bits per heavy atom. The van der Waals surface area contributed by atoms with Crippen LogP contribution in [0.25, 0.3) is 0 Å². The van der Waals surface area contributed by atoms with Gasteiger partial charge >= 0.3 is 0 Å². The maximum absolute atomic E-state index is 12.7. The number of amides is 1. The van der Waals surface area contributed by atoms with E-state index in [4.69, 9.17) is 23.2 Å². The van der Waals surface area contributed by atoms with Crippen LogP contribution in [-0.4, -0.2) is 22.4 Å². The highest BCUT2D eigenvalue weighted by Crippen LogP contribution is 2.40. The first kappa shape index (κ1) is 26.3. The number of carbonyl (C=O) groups excluding carboxylic acids is 1. The quantitative estimate of drug-likeness (QED) is 0.261. The molecule has 32 heavy (non-hydrogen) atoms. The minimum absolute atomic E-state index is 0. The number of anilines is 1. The monoisotopic (exact) mass is 557 g/mol. The molecule has 0 saturated heterocycles. The van der Waals surface area contributed by atoms with E-state index in [0.29, 0.717) is 26.4 Å². The van der Waals surface area contributed by atoms with E-state index in [0.717, 1.165) is 10.4 Å². The summed E-state index contributed by atoms with van der Waals surface area (Å²) in [7, 11) is 0. The Morgan fingerprint density at radius 2 is 1.78 bits per heavy atom. The predicted molar refractivity (Wildman–Crippen MR) is 136 cm³/mol. The van der Waals surface area contributed by atoms with Crippen molar-refractivity contribution in [2.75, 3.05) is 11.9 Å². The maximum Gasteiger partial charge on any atom is 0.258 e. The van der Waals surface area contributed by atoms with Crippen LogP contribution >= 0.6 is 51.5 Å². The molecule has 0 aliphatic rings. The molecular weight excluding hydrogens is 537 g/mol. The lowest BCUT2D eigenvalue weighted by Gasteiger charge is -2.21. The van der Waals surface area contributed by atoms with E-state index >= 15 is 0 Å². The number of hydrogen-bond acceptors (Lipinski definition) is 5. The lowest BCUT2D eigenvalue weighted by molar-refractivity contribution is -0.481. The van der Waals surface area contributed by atoms with Crippen LogP contribution in [0.5, 0.6) is 0 Å². The van der Waals surface area contributed by atoms with E-state index in [1.807, 2.05) is 20.8 Å². The van der Waals surface area contributed by atoms with Crippen LogP contribution in [0.2, 0.25) is 10.0 Å². The van der Waals surface area contributed by atoms with Crippen LogP contribution in [0.1, 0.15) is 53.2 Å². The van der Waals surface area contributed by atoms with Crippen molar-refractivity contribution in [3.05, 3.63) is 90.4 Å². The van der Waals surface area contributed by atoms with Gasteiger partial charge in [0.1, 0.15) is 0 Å². The second-order valence-electron chi connectivity index (χ2n) is 8.04. The first-order valence-corrected chi connectivity index (χ1v) is 11.1. The predicted octanol–water partition coefficient (Wildman–Crippen LogP) is 6.99. The Bertz CT molecular complexity index is 1110. The molecule has 1 atom stereocenters. The van der Waals surface area contributed by atoms with E-state index in [9.17, 15) is 14.9 Å². The number of nitrogens with zero attached hydrogens (tertiary/aromatic N) is 2. The molecule has 3 rings (SSSR count). The van der Waals surface area contributed by atoms with Crippen molar-refractivity contribution in [2.24, 2.45) is 0 Å². The Morgan fingerprint density at radius 1 is 1.16 bits per heavy atom. The van der Waals surface area contributed by atoms with Gasteiger partial charge < -0.3 is 0 Å². The molecule has 1 amide bonds. The third kappa shape index (κ3) is 6.28. The third-order valence-corrected chi connectivity index (χ3v) is 6.29. The molecule has 0 aliphatic heterocycles. The van der Waals surface area contributed by atoms with Gasteiger partial charge in [0.05, 0.1) is 22.2 Å². The van der Waals surface area contributed by atoms with Gasteiger partial charge in [0.15, 0.2) is 5.13 Å². The Kier molecular flexibility index (Phi) is 8.82. The van der Waals surface area contributed by atoms with E-state index in [-0.39, 0.29) is 39.8 Å². The van der Waals surface area contributed by atoms with Gasteiger partial charge in [-0.05, 0) is 29.8 Å². The van der Waals surface area contributed by atoms with Crippen molar-refractivity contribution in [1.82, 2.24) is 4.98 Å². The second kappa shape index (κ2) is 10.7. The average molecular weight is 559 g/mol. The van der Waals surface area contributed by atoms with E-state index < -0.39 is 5.92 Å². The summed E-state index contributed by atoms with van der Waals surface area (Å²) < 4.78 is 0. The zero-order valence-corrected chi connectivity index (χ0v) is 21.6. The third-order valence-electron chi connectivity index (χ3n) is 4.62. The molecule has 3 aromatic rings. The molecule has 0 radical (unpaired) electrons. The van der Waals surface area contributed by atoms with Crippen LogP contribution in [0.15, 0.2) is 48.5 Å². The Labute approximate surface area is 210 Å². The summed E-state index contributed by atoms with van der Waals surface area (Å²) in [5.41, 5.74) is 1.41. The summed E-state index contributed by atoms with van der Waals surface area (Å²) >= 11 is 13.4. The average Bonchev–Trinajstić information content (AvgIpc) is 3.11. The van der Waals surface area contributed by atoms with Gasteiger partial charge in [-0.2, -0.15) is 0 Å². The van der Waals surface area contributed by atoms with Crippen LogP contribution in [-0.2, 0) is 5.41 Å². The molecule has 0 bridgehead atoms. The van der Waals surface area contributed by atoms with E-state index in [2.05, 4.69) is 10.3 Å². The number of aromatic nitrogens is 1. The van der Waals surface area contributed by atoms with Crippen LogP contribution in [0.4, 0.5) is 5.13 Å². The fourth-order valence-electron chi connectivity index (χ4n) is 3.15. The molecule has 170 valence electrons. The Balaban J connectivity index is 0.00000363. The van der Waals surface area contributed by atoms with Crippen molar-refractivity contribution in [3.63, 3.8) is 0 Å². The number of halogens is 3. The number of carbonyl (C=O) groups is 1. The van der Waals surface area contributed by atoms with Crippen molar-refractivity contribution in [2.45, 2.75) is 32.1 Å².